The van der Waals surface area contributed by atoms with E-state index in [4.69, 9.17) is 4.52 Å². The van der Waals surface area contributed by atoms with Crippen molar-refractivity contribution in [1.82, 2.24) is 5.16 Å². The van der Waals surface area contributed by atoms with Crippen molar-refractivity contribution < 1.29 is 14.0 Å². The van der Waals surface area contributed by atoms with E-state index in [1.807, 2.05) is 30.3 Å². The highest BCUT2D eigenvalue weighted by molar-refractivity contribution is 5.72. The molecule has 0 spiro atoms. The first kappa shape index (κ1) is 12.6. The lowest BCUT2D eigenvalue weighted by molar-refractivity contribution is 0.281. The van der Waals surface area contributed by atoms with Gasteiger partial charge in [-0.15, -0.1) is 0 Å². The summed E-state index contributed by atoms with van der Waals surface area (Å²) < 4.78 is 18.6. The molecule has 3 nitrogen and oxygen atoms in total. The molecule has 0 saturated carbocycles. The van der Waals surface area contributed by atoms with Gasteiger partial charge in [-0.05, 0) is 12.1 Å². The van der Waals surface area contributed by atoms with E-state index in [1.165, 1.54) is 12.1 Å². The summed E-state index contributed by atoms with van der Waals surface area (Å²) >= 11 is 0. The van der Waals surface area contributed by atoms with E-state index in [9.17, 15) is 9.50 Å². The lowest BCUT2D eigenvalue weighted by Crippen LogP contribution is -1.89. The van der Waals surface area contributed by atoms with Crippen LogP contribution in [0.4, 0.5) is 4.39 Å². The minimum atomic E-state index is -0.357. The second-order valence-corrected chi connectivity index (χ2v) is 4.37. The van der Waals surface area contributed by atoms with Gasteiger partial charge in [0, 0.05) is 11.1 Å². The average Bonchev–Trinajstić information content (AvgIpc) is 2.92. The van der Waals surface area contributed by atoms with Crippen LogP contribution in [0.5, 0.6) is 0 Å². The number of aliphatic hydroxyl groups is 1. The van der Waals surface area contributed by atoms with E-state index in [2.05, 4.69) is 5.16 Å². The van der Waals surface area contributed by atoms with Gasteiger partial charge < -0.3 is 9.63 Å². The maximum absolute atomic E-state index is 13.3. The SMILES string of the molecule is OCc1c(-c2ccccc2)noc1-c1cccc(F)c1. The molecule has 20 heavy (non-hydrogen) atoms. The van der Waals surface area contributed by atoms with Gasteiger partial charge in [-0.3, -0.25) is 0 Å². The van der Waals surface area contributed by atoms with Gasteiger partial charge in [-0.2, -0.15) is 0 Å². The van der Waals surface area contributed by atoms with Crippen LogP contribution in [-0.4, -0.2) is 10.3 Å². The van der Waals surface area contributed by atoms with Gasteiger partial charge in [0.25, 0.3) is 0 Å². The first-order valence-electron chi connectivity index (χ1n) is 6.20. The Labute approximate surface area is 115 Å². The molecule has 0 unspecified atom stereocenters. The Bertz CT molecular complexity index is 722. The van der Waals surface area contributed by atoms with Crippen molar-refractivity contribution in [2.45, 2.75) is 6.61 Å². The number of rotatable bonds is 3. The number of aliphatic hydroxyl groups excluding tert-OH is 1. The Balaban J connectivity index is 2.13. The molecule has 0 amide bonds. The highest BCUT2D eigenvalue weighted by Gasteiger charge is 2.18. The van der Waals surface area contributed by atoms with E-state index >= 15 is 0 Å². The summed E-state index contributed by atoms with van der Waals surface area (Å²) in [5, 5.41) is 13.6. The predicted octanol–water partition coefficient (Wildman–Crippen LogP) is 3.64. The van der Waals surface area contributed by atoms with Crippen molar-refractivity contribution in [2.24, 2.45) is 0 Å². The summed E-state index contributed by atoms with van der Waals surface area (Å²) in [7, 11) is 0. The molecule has 0 radical (unpaired) electrons. The number of benzene rings is 2. The van der Waals surface area contributed by atoms with Crippen LogP contribution in [0.3, 0.4) is 0 Å². The Morgan fingerprint density at radius 1 is 1.00 bits per heavy atom. The molecular formula is C16H12FNO2. The summed E-state index contributed by atoms with van der Waals surface area (Å²) in [5.74, 6) is 0.0369. The summed E-state index contributed by atoms with van der Waals surface area (Å²) in [6.07, 6.45) is 0. The zero-order chi connectivity index (χ0) is 13.9. The highest BCUT2D eigenvalue weighted by Crippen LogP contribution is 2.32. The molecule has 0 aliphatic carbocycles. The molecule has 0 saturated heterocycles. The number of hydrogen-bond acceptors (Lipinski definition) is 3. The fraction of sp³-hybridized carbons (Fsp3) is 0.0625. The van der Waals surface area contributed by atoms with Gasteiger partial charge >= 0.3 is 0 Å². The molecule has 0 aliphatic heterocycles. The van der Waals surface area contributed by atoms with Crippen LogP contribution in [0.15, 0.2) is 59.1 Å². The molecule has 0 fully saturated rings. The summed E-state index contributed by atoms with van der Waals surface area (Å²) in [6, 6.07) is 15.5. The fourth-order valence-corrected chi connectivity index (χ4v) is 2.14. The first-order chi connectivity index (χ1) is 9.79. The Kier molecular flexibility index (Phi) is 3.31. The topological polar surface area (TPSA) is 46.3 Å². The maximum atomic E-state index is 13.3. The van der Waals surface area contributed by atoms with Crippen LogP contribution in [0, 0.1) is 5.82 Å². The summed E-state index contributed by atoms with van der Waals surface area (Å²) in [5.41, 5.74) is 2.54. The van der Waals surface area contributed by atoms with Crippen LogP contribution in [0.1, 0.15) is 5.56 Å². The van der Waals surface area contributed by atoms with Gasteiger partial charge in [-0.25, -0.2) is 4.39 Å². The number of nitrogens with zero attached hydrogens (tertiary/aromatic N) is 1. The summed E-state index contributed by atoms with van der Waals surface area (Å²) in [4.78, 5) is 0. The third-order valence-electron chi connectivity index (χ3n) is 3.08. The van der Waals surface area contributed by atoms with Crippen LogP contribution in [-0.2, 0) is 6.61 Å². The van der Waals surface area contributed by atoms with Crippen LogP contribution >= 0.6 is 0 Å². The largest absolute Gasteiger partial charge is 0.391 e. The minimum absolute atomic E-state index is 0.223. The standard InChI is InChI=1S/C16H12FNO2/c17-13-8-4-7-12(9-13)16-14(10-19)15(18-20-16)11-5-2-1-3-6-11/h1-9,19H,10H2. The normalized spacial score (nSPS) is 10.7. The molecule has 0 atom stereocenters. The van der Waals surface area contributed by atoms with Gasteiger partial charge in [0.15, 0.2) is 5.76 Å². The molecule has 1 aromatic heterocycles. The van der Waals surface area contributed by atoms with Gasteiger partial charge in [0.05, 0.1) is 12.2 Å². The smallest absolute Gasteiger partial charge is 0.173 e. The second-order valence-electron chi connectivity index (χ2n) is 4.37. The van der Waals surface area contributed by atoms with Gasteiger partial charge in [-0.1, -0.05) is 47.6 Å². The molecule has 0 bridgehead atoms. The molecule has 3 rings (SSSR count). The van der Waals surface area contributed by atoms with Crippen molar-refractivity contribution in [3.8, 4) is 22.6 Å². The van der Waals surface area contributed by atoms with Gasteiger partial charge in [0.1, 0.15) is 11.5 Å². The van der Waals surface area contributed by atoms with Crippen molar-refractivity contribution in [1.29, 1.82) is 0 Å². The van der Waals surface area contributed by atoms with Crippen LogP contribution in [0.2, 0.25) is 0 Å². The molecule has 100 valence electrons. The van der Waals surface area contributed by atoms with E-state index in [0.717, 1.165) is 5.56 Å². The van der Waals surface area contributed by atoms with E-state index < -0.39 is 0 Å². The lowest BCUT2D eigenvalue weighted by atomic mass is 10.0. The zero-order valence-corrected chi connectivity index (χ0v) is 10.6. The first-order valence-corrected chi connectivity index (χ1v) is 6.20. The molecular weight excluding hydrogens is 257 g/mol. The van der Waals surface area contributed by atoms with Crippen molar-refractivity contribution in [3.05, 3.63) is 66.0 Å². The van der Waals surface area contributed by atoms with Crippen molar-refractivity contribution in [3.63, 3.8) is 0 Å². The van der Waals surface area contributed by atoms with E-state index in [1.54, 1.807) is 12.1 Å². The third-order valence-corrected chi connectivity index (χ3v) is 3.08. The number of halogens is 1. The highest BCUT2D eigenvalue weighted by atomic mass is 19.1. The Morgan fingerprint density at radius 2 is 1.75 bits per heavy atom. The van der Waals surface area contributed by atoms with Crippen LogP contribution < -0.4 is 0 Å². The van der Waals surface area contributed by atoms with Crippen molar-refractivity contribution >= 4 is 0 Å². The number of aromatic nitrogens is 1. The lowest BCUT2D eigenvalue weighted by Gasteiger charge is -2.01. The minimum Gasteiger partial charge on any atom is -0.391 e. The molecule has 1 N–H and O–H groups in total. The fourth-order valence-electron chi connectivity index (χ4n) is 2.14. The average molecular weight is 269 g/mol. The van der Waals surface area contributed by atoms with Crippen molar-refractivity contribution in [2.75, 3.05) is 0 Å². The van der Waals surface area contributed by atoms with E-state index in [-0.39, 0.29) is 12.4 Å². The molecule has 2 aromatic carbocycles. The number of hydrogen-bond donors (Lipinski definition) is 1. The maximum Gasteiger partial charge on any atom is 0.173 e. The summed E-state index contributed by atoms with van der Waals surface area (Å²) in [6.45, 7) is -0.223. The molecule has 3 aromatic rings. The predicted molar refractivity (Wildman–Crippen MR) is 73.3 cm³/mol. The molecule has 0 aliphatic rings. The third kappa shape index (κ3) is 2.21. The Hall–Kier alpha value is -2.46. The molecule has 4 heteroatoms. The molecule has 1 heterocycles. The zero-order valence-electron chi connectivity index (χ0n) is 10.6. The van der Waals surface area contributed by atoms with Gasteiger partial charge in [0.2, 0.25) is 0 Å². The quantitative estimate of drug-likeness (QED) is 0.789. The van der Waals surface area contributed by atoms with Crippen LogP contribution in [0.25, 0.3) is 22.6 Å². The van der Waals surface area contributed by atoms with E-state index in [0.29, 0.717) is 22.6 Å². The second kappa shape index (κ2) is 5.27. The Morgan fingerprint density at radius 3 is 2.45 bits per heavy atom. The monoisotopic (exact) mass is 269 g/mol.